The van der Waals surface area contributed by atoms with Gasteiger partial charge in [-0.25, -0.2) is 9.88 Å². The van der Waals surface area contributed by atoms with Crippen LogP contribution in [0.1, 0.15) is 45.8 Å². The fourth-order valence-corrected chi connectivity index (χ4v) is 3.97. The highest BCUT2D eigenvalue weighted by Gasteiger charge is 2.36. The molecule has 2 amide bonds. The number of benzene rings is 2. The molecule has 0 fully saturated rings. The highest BCUT2D eigenvalue weighted by Crippen LogP contribution is 2.29. The molecule has 1 aromatic heterocycles. The van der Waals surface area contributed by atoms with Crippen molar-refractivity contribution < 1.29 is 9.59 Å². The van der Waals surface area contributed by atoms with Gasteiger partial charge in [0.25, 0.3) is 17.4 Å². The summed E-state index contributed by atoms with van der Waals surface area (Å²) in [6.45, 7) is 0.661. The zero-order valence-corrected chi connectivity index (χ0v) is 14.6. The monoisotopic (exact) mass is 359 g/mol. The fraction of sp³-hybridized carbons (Fsp3) is 0.238. The lowest BCUT2D eigenvalue weighted by Crippen LogP contribution is -2.30. The molecule has 2 aliphatic heterocycles. The van der Waals surface area contributed by atoms with E-state index in [1.165, 1.54) is 0 Å². The summed E-state index contributed by atoms with van der Waals surface area (Å²) in [6.07, 6.45) is 3.87. The number of fused-ring (bicyclic) bond motifs is 3. The summed E-state index contributed by atoms with van der Waals surface area (Å²) in [5.41, 5.74) is 1.68. The van der Waals surface area contributed by atoms with Crippen molar-refractivity contribution in [2.24, 2.45) is 0 Å². The molecule has 0 saturated heterocycles. The van der Waals surface area contributed by atoms with Crippen LogP contribution in [0.3, 0.4) is 0 Å². The fourth-order valence-electron chi connectivity index (χ4n) is 3.97. The molecule has 0 radical (unpaired) electrons. The van der Waals surface area contributed by atoms with Crippen LogP contribution in [0.4, 0.5) is 5.69 Å². The second kappa shape index (κ2) is 5.87. The molecule has 0 spiro atoms. The maximum atomic E-state index is 13.0. The summed E-state index contributed by atoms with van der Waals surface area (Å²) in [5.74, 6) is 0.0917. The number of amides is 2. The molecular weight excluding hydrogens is 342 g/mol. The Morgan fingerprint density at radius 1 is 0.852 bits per heavy atom. The van der Waals surface area contributed by atoms with Crippen LogP contribution >= 0.6 is 0 Å². The van der Waals surface area contributed by atoms with Gasteiger partial charge in [-0.05, 0) is 43.2 Å². The smallest absolute Gasteiger partial charge is 0.266 e. The van der Waals surface area contributed by atoms with Gasteiger partial charge in [0.2, 0.25) is 0 Å². The minimum absolute atomic E-state index is 0.102. The van der Waals surface area contributed by atoms with Crippen LogP contribution in [-0.4, -0.2) is 21.4 Å². The van der Waals surface area contributed by atoms with Crippen LogP contribution in [0.5, 0.6) is 0 Å². The summed E-state index contributed by atoms with van der Waals surface area (Å²) in [4.78, 5) is 44.2. The zero-order valence-electron chi connectivity index (χ0n) is 14.6. The van der Waals surface area contributed by atoms with Crippen molar-refractivity contribution in [2.75, 3.05) is 4.90 Å². The van der Waals surface area contributed by atoms with Gasteiger partial charge in [-0.3, -0.25) is 19.0 Å². The van der Waals surface area contributed by atoms with E-state index in [-0.39, 0.29) is 17.4 Å². The molecule has 5 rings (SSSR count). The Hall–Kier alpha value is -3.28. The molecule has 2 aromatic carbocycles. The molecule has 134 valence electrons. The normalized spacial score (nSPS) is 16.4. The van der Waals surface area contributed by atoms with Crippen molar-refractivity contribution in [3.05, 3.63) is 69.8 Å². The molecule has 0 atom stereocenters. The van der Waals surface area contributed by atoms with Gasteiger partial charge in [0.1, 0.15) is 5.82 Å². The van der Waals surface area contributed by atoms with E-state index in [1.807, 2.05) is 0 Å². The Bertz CT molecular complexity index is 1140. The van der Waals surface area contributed by atoms with Gasteiger partial charge in [-0.15, -0.1) is 0 Å². The van der Waals surface area contributed by atoms with Gasteiger partial charge < -0.3 is 0 Å². The van der Waals surface area contributed by atoms with Crippen LogP contribution in [-0.2, 0) is 13.0 Å². The predicted octanol–water partition coefficient (Wildman–Crippen LogP) is 2.92. The number of carbonyl (C=O) groups is 2. The van der Waals surface area contributed by atoms with Crippen molar-refractivity contribution in [3.8, 4) is 0 Å². The Balaban J connectivity index is 1.66. The molecule has 6 nitrogen and oxygen atoms in total. The van der Waals surface area contributed by atoms with Gasteiger partial charge >= 0.3 is 0 Å². The number of nitrogens with zero attached hydrogens (tertiary/aromatic N) is 3. The van der Waals surface area contributed by atoms with E-state index in [0.717, 1.165) is 36.4 Å². The van der Waals surface area contributed by atoms with Crippen LogP contribution in [0.2, 0.25) is 0 Å². The van der Waals surface area contributed by atoms with Gasteiger partial charge in [-0.1, -0.05) is 18.6 Å². The zero-order chi connectivity index (χ0) is 18.5. The van der Waals surface area contributed by atoms with Crippen molar-refractivity contribution >= 4 is 28.4 Å². The standard InChI is InChI=1S/C21H17N3O3/c25-19-16-12-13(24-20(26)14-6-3-4-7-15(14)21(24)27)9-10-17(16)22-18-8-2-1-5-11-23(18)19/h3-4,6-7,9-10,12H,1-2,5,8,11H2. The third kappa shape index (κ3) is 2.33. The molecule has 0 saturated carbocycles. The van der Waals surface area contributed by atoms with Gasteiger partial charge in [0.15, 0.2) is 0 Å². The van der Waals surface area contributed by atoms with Crippen LogP contribution < -0.4 is 10.5 Å². The van der Waals surface area contributed by atoms with Crippen molar-refractivity contribution in [1.82, 2.24) is 9.55 Å². The van der Waals surface area contributed by atoms with Crippen LogP contribution in [0, 0.1) is 0 Å². The molecule has 0 bridgehead atoms. The quantitative estimate of drug-likeness (QED) is 0.626. The van der Waals surface area contributed by atoms with Gasteiger partial charge in [0, 0.05) is 13.0 Å². The summed E-state index contributed by atoms with van der Waals surface area (Å²) in [7, 11) is 0. The number of aryl methyl sites for hydroxylation is 1. The molecule has 0 unspecified atom stereocenters. The SMILES string of the molecule is O=C1c2ccccc2C(=O)N1c1ccc2nc3n(c(=O)c2c1)CCCCC3. The summed E-state index contributed by atoms with van der Waals surface area (Å²) in [5, 5.41) is 0.440. The van der Waals surface area contributed by atoms with E-state index in [2.05, 4.69) is 4.98 Å². The number of aromatic nitrogens is 2. The maximum Gasteiger partial charge on any atom is 0.266 e. The minimum Gasteiger partial charge on any atom is -0.296 e. The Morgan fingerprint density at radius 2 is 1.59 bits per heavy atom. The molecule has 0 N–H and O–H groups in total. The average Bonchev–Trinajstić information content (AvgIpc) is 2.84. The van der Waals surface area contributed by atoms with E-state index in [9.17, 15) is 14.4 Å². The van der Waals surface area contributed by atoms with Crippen LogP contribution in [0.15, 0.2) is 47.3 Å². The lowest BCUT2D eigenvalue weighted by atomic mass is 10.1. The average molecular weight is 359 g/mol. The van der Waals surface area contributed by atoms with Crippen molar-refractivity contribution in [3.63, 3.8) is 0 Å². The summed E-state index contributed by atoms with van der Waals surface area (Å²) < 4.78 is 1.74. The first-order valence-electron chi connectivity index (χ1n) is 9.16. The number of hydrogen-bond donors (Lipinski definition) is 0. The lowest BCUT2D eigenvalue weighted by molar-refractivity contribution is 0.0926. The second-order valence-electron chi connectivity index (χ2n) is 6.99. The van der Waals surface area contributed by atoms with E-state index in [4.69, 9.17) is 0 Å². The number of rotatable bonds is 1. The van der Waals surface area contributed by atoms with E-state index >= 15 is 0 Å². The van der Waals surface area contributed by atoms with Crippen molar-refractivity contribution in [1.29, 1.82) is 0 Å². The molecule has 3 aromatic rings. The third-order valence-corrected chi connectivity index (χ3v) is 5.35. The lowest BCUT2D eigenvalue weighted by Gasteiger charge is -2.15. The van der Waals surface area contributed by atoms with Crippen molar-refractivity contribution in [2.45, 2.75) is 32.2 Å². The number of imide groups is 1. The van der Waals surface area contributed by atoms with E-state index in [1.54, 1.807) is 47.0 Å². The molecule has 3 heterocycles. The Morgan fingerprint density at radius 3 is 2.33 bits per heavy atom. The first-order valence-corrected chi connectivity index (χ1v) is 9.16. The summed E-state index contributed by atoms with van der Waals surface area (Å²) in [6, 6.07) is 11.8. The maximum absolute atomic E-state index is 13.0. The number of carbonyl (C=O) groups excluding carboxylic acids is 2. The second-order valence-corrected chi connectivity index (χ2v) is 6.99. The minimum atomic E-state index is -0.363. The number of hydrogen-bond acceptors (Lipinski definition) is 4. The topological polar surface area (TPSA) is 72.3 Å². The predicted molar refractivity (Wildman–Crippen MR) is 101 cm³/mol. The molecule has 27 heavy (non-hydrogen) atoms. The molecule has 0 aliphatic carbocycles. The largest absolute Gasteiger partial charge is 0.296 e. The third-order valence-electron chi connectivity index (χ3n) is 5.35. The van der Waals surface area contributed by atoms with E-state index in [0.29, 0.717) is 34.3 Å². The Labute approximate surface area is 155 Å². The first-order chi connectivity index (χ1) is 13.1. The van der Waals surface area contributed by atoms with Gasteiger partial charge in [0.05, 0.1) is 27.7 Å². The molecule has 2 aliphatic rings. The molecular formula is C21H17N3O3. The van der Waals surface area contributed by atoms with Gasteiger partial charge in [-0.2, -0.15) is 0 Å². The van der Waals surface area contributed by atoms with E-state index < -0.39 is 0 Å². The number of anilines is 1. The summed E-state index contributed by atoms with van der Waals surface area (Å²) >= 11 is 0. The molecule has 6 heteroatoms. The van der Waals surface area contributed by atoms with Crippen LogP contribution in [0.25, 0.3) is 10.9 Å². The highest BCUT2D eigenvalue weighted by molar-refractivity contribution is 6.34. The first kappa shape index (κ1) is 15.9. The highest BCUT2D eigenvalue weighted by atomic mass is 16.2. The Kier molecular flexibility index (Phi) is 3.47.